The first-order valence-electron chi connectivity index (χ1n) is 10.0. The predicted octanol–water partition coefficient (Wildman–Crippen LogP) is 5.68. The zero-order valence-corrected chi connectivity index (χ0v) is 17.9. The number of nitrogens with zero attached hydrogens (tertiary/aromatic N) is 3. The molecule has 34 heavy (non-hydrogen) atoms. The van der Waals surface area contributed by atoms with Gasteiger partial charge in [-0.3, -0.25) is 9.89 Å². The molecule has 0 fully saturated rings. The second-order valence-electron chi connectivity index (χ2n) is 8.57. The number of aromatic amines is 1. The van der Waals surface area contributed by atoms with E-state index in [0.717, 1.165) is 22.8 Å². The molecule has 176 valence electrons. The highest BCUT2D eigenvalue weighted by Gasteiger charge is 2.45. The summed E-state index contributed by atoms with van der Waals surface area (Å²) in [6.07, 6.45) is -0.709. The van der Waals surface area contributed by atoms with Crippen LogP contribution >= 0.6 is 0 Å². The largest absolute Gasteiger partial charge is 0.481 e. The van der Waals surface area contributed by atoms with Crippen LogP contribution in [0.3, 0.4) is 0 Å². The molecule has 2 N–H and O–H groups in total. The number of alkyl halides is 2. The minimum atomic E-state index is -4.08. The van der Waals surface area contributed by atoms with Crippen LogP contribution in [0, 0.1) is 28.8 Å². The SMILES string of the molecule is CC(C)(CC#N)c1c(C(F)(F)CC(=O)O)c2c(F)c3[nH]ncc3cc2n1-c1ccc(F)c(F)c1. The number of aliphatic carboxylic acids is 1. The van der Waals surface area contributed by atoms with Gasteiger partial charge in [0, 0.05) is 40.1 Å². The maximum atomic E-state index is 15.7. The molecule has 0 radical (unpaired) electrons. The Morgan fingerprint density at radius 2 is 1.91 bits per heavy atom. The molecule has 4 rings (SSSR count). The summed E-state index contributed by atoms with van der Waals surface area (Å²) in [7, 11) is 0. The van der Waals surface area contributed by atoms with Crippen molar-refractivity contribution >= 4 is 27.8 Å². The van der Waals surface area contributed by atoms with Gasteiger partial charge in [0.25, 0.3) is 5.92 Å². The number of benzene rings is 2. The summed E-state index contributed by atoms with van der Waals surface area (Å²) in [5.74, 6) is -9.47. The number of rotatable bonds is 6. The van der Waals surface area contributed by atoms with Gasteiger partial charge in [-0.25, -0.2) is 22.0 Å². The number of carboxylic acids is 1. The smallest absolute Gasteiger partial charge is 0.309 e. The first-order chi connectivity index (χ1) is 15.9. The van der Waals surface area contributed by atoms with E-state index in [-0.39, 0.29) is 34.2 Å². The van der Waals surface area contributed by atoms with Crippen molar-refractivity contribution in [2.75, 3.05) is 0 Å². The van der Waals surface area contributed by atoms with Crippen LogP contribution in [0.15, 0.2) is 30.5 Å². The lowest BCUT2D eigenvalue weighted by Crippen LogP contribution is -2.28. The maximum absolute atomic E-state index is 15.7. The standard InChI is InChI=1S/C23H17F5N4O2/c1-22(2,5-6-29)21-18(23(27,28)9-16(33)34)17-15(7-11-10-30-31-20(11)19(17)26)32(21)12-3-4-13(24)14(25)8-12/h3-4,7-8,10H,5,9H2,1-2H3,(H,30,31)(H,33,34). The quantitative estimate of drug-likeness (QED) is 0.350. The number of H-pyrrole nitrogens is 1. The van der Waals surface area contributed by atoms with E-state index in [0.29, 0.717) is 0 Å². The van der Waals surface area contributed by atoms with Crippen LogP contribution in [-0.4, -0.2) is 25.8 Å². The highest BCUT2D eigenvalue weighted by atomic mass is 19.3. The molecular formula is C23H17F5N4O2. The van der Waals surface area contributed by atoms with Gasteiger partial charge in [-0.05, 0) is 18.2 Å². The predicted molar refractivity (Wildman–Crippen MR) is 112 cm³/mol. The second-order valence-corrected chi connectivity index (χ2v) is 8.57. The molecule has 4 aromatic rings. The molecule has 0 bridgehead atoms. The molecule has 2 aromatic heterocycles. The van der Waals surface area contributed by atoms with E-state index in [2.05, 4.69) is 10.2 Å². The first-order valence-corrected chi connectivity index (χ1v) is 10.0. The van der Waals surface area contributed by atoms with Crippen LogP contribution in [0.25, 0.3) is 27.5 Å². The molecule has 0 aliphatic heterocycles. The molecule has 0 spiro atoms. The minimum Gasteiger partial charge on any atom is -0.481 e. The second kappa shape index (κ2) is 7.83. The van der Waals surface area contributed by atoms with Gasteiger partial charge in [0.05, 0.1) is 23.3 Å². The highest BCUT2D eigenvalue weighted by Crippen LogP contribution is 2.48. The number of carboxylic acid groups (broad SMARTS) is 1. The molecule has 0 atom stereocenters. The summed E-state index contributed by atoms with van der Waals surface area (Å²) >= 11 is 0. The van der Waals surface area contributed by atoms with Crippen molar-refractivity contribution in [1.82, 2.24) is 14.8 Å². The van der Waals surface area contributed by atoms with Crippen molar-refractivity contribution in [3.8, 4) is 11.8 Å². The minimum absolute atomic E-state index is 0.107. The number of nitrogens with one attached hydrogen (secondary N) is 1. The van der Waals surface area contributed by atoms with Gasteiger partial charge in [-0.15, -0.1) is 0 Å². The third kappa shape index (κ3) is 3.55. The summed E-state index contributed by atoms with van der Waals surface area (Å²) in [6, 6.07) is 5.91. The third-order valence-electron chi connectivity index (χ3n) is 5.67. The molecule has 0 aliphatic rings. The molecule has 0 saturated heterocycles. The average Bonchev–Trinajstić information content (AvgIpc) is 3.33. The number of halogens is 5. The van der Waals surface area contributed by atoms with Crippen molar-refractivity contribution in [2.24, 2.45) is 0 Å². The van der Waals surface area contributed by atoms with E-state index in [1.54, 1.807) is 0 Å². The molecule has 0 saturated carbocycles. The van der Waals surface area contributed by atoms with Gasteiger partial charge in [0.15, 0.2) is 17.5 Å². The van der Waals surface area contributed by atoms with E-state index in [4.69, 9.17) is 5.11 Å². The van der Waals surface area contributed by atoms with Crippen LogP contribution in [0.5, 0.6) is 0 Å². The van der Waals surface area contributed by atoms with E-state index < -0.39 is 52.1 Å². The number of hydrogen-bond acceptors (Lipinski definition) is 3. The van der Waals surface area contributed by atoms with Gasteiger partial charge in [-0.1, -0.05) is 13.8 Å². The fourth-order valence-corrected chi connectivity index (χ4v) is 4.25. The molecular weight excluding hydrogens is 459 g/mol. The number of hydrogen-bond donors (Lipinski definition) is 2. The van der Waals surface area contributed by atoms with E-state index in [1.165, 1.54) is 26.1 Å². The van der Waals surface area contributed by atoms with Crippen LogP contribution in [0.2, 0.25) is 0 Å². The van der Waals surface area contributed by atoms with Crippen molar-refractivity contribution in [3.05, 3.63) is 59.2 Å². The van der Waals surface area contributed by atoms with Gasteiger partial charge >= 0.3 is 5.97 Å². The molecule has 0 aliphatic carbocycles. The van der Waals surface area contributed by atoms with Gasteiger partial charge in [-0.2, -0.15) is 10.4 Å². The Labute approximate surface area is 189 Å². The summed E-state index contributed by atoms with van der Waals surface area (Å²) in [6.45, 7) is 2.90. The van der Waals surface area contributed by atoms with Gasteiger partial charge in [0.1, 0.15) is 11.9 Å². The summed E-state index contributed by atoms with van der Waals surface area (Å²) < 4.78 is 75.7. The zero-order valence-electron chi connectivity index (χ0n) is 17.9. The lowest BCUT2D eigenvalue weighted by molar-refractivity contribution is -0.145. The van der Waals surface area contributed by atoms with Crippen LogP contribution < -0.4 is 0 Å². The van der Waals surface area contributed by atoms with Crippen LogP contribution in [0.4, 0.5) is 22.0 Å². The fraction of sp³-hybridized carbons (Fsp3) is 0.261. The molecule has 11 heteroatoms. The molecule has 2 aromatic carbocycles. The Balaban J connectivity index is 2.29. The normalized spacial score (nSPS) is 12.4. The van der Waals surface area contributed by atoms with Crippen LogP contribution in [0.1, 0.15) is 37.9 Å². The lowest BCUT2D eigenvalue weighted by Gasteiger charge is -2.28. The zero-order chi connectivity index (χ0) is 25.0. The Hall–Kier alpha value is -3.94. The first kappa shape index (κ1) is 23.2. The maximum Gasteiger partial charge on any atom is 0.309 e. The Kier molecular flexibility index (Phi) is 5.35. The Morgan fingerprint density at radius 1 is 1.21 bits per heavy atom. The van der Waals surface area contributed by atoms with Crippen molar-refractivity contribution < 1.29 is 31.9 Å². The van der Waals surface area contributed by atoms with Crippen molar-refractivity contribution in [3.63, 3.8) is 0 Å². The van der Waals surface area contributed by atoms with Crippen LogP contribution in [-0.2, 0) is 16.1 Å². The Bertz CT molecular complexity index is 1500. The lowest BCUT2D eigenvalue weighted by atomic mass is 9.81. The molecule has 0 unspecified atom stereocenters. The van der Waals surface area contributed by atoms with Crippen molar-refractivity contribution in [2.45, 2.75) is 38.0 Å². The number of carbonyl (C=O) groups is 1. The number of nitriles is 1. The molecule has 2 heterocycles. The van der Waals surface area contributed by atoms with Gasteiger partial charge < -0.3 is 9.67 Å². The van der Waals surface area contributed by atoms with E-state index >= 15 is 13.2 Å². The molecule has 6 nitrogen and oxygen atoms in total. The fourth-order valence-electron chi connectivity index (χ4n) is 4.25. The van der Waals surface area contributed by atoms with Crippen molar-refractivity contribution in [1.29, 1.82) is 5.26 Å². The summed E-state index contributed by atoms with van der Waals surface area (Å²) in [5, 5.41) is 24.2. The summed E-state index contributed by atoms with van der Waals surface area (Å²) in [4.78, 5) is 11.3. The van der Waals surface area contributed by atoms with Gasteiger partial charge in [0.2, 0.25) is 0 Å². The highest BCUT2D eigenvalue weighted by molar-refractivity contribution is 6.00. The topological polar surface area (TPSA) is 94.7 Å². The monoisotopic (exact) mass is 476 g/mol. The average molecular weight is 476 g/mol. The Morgan fingerprint density at radius 3 is 2.53 bits per heavy atom. The van der Waals surface area contributed by atoms with E-state index in [9.17, 15) is 18.8 Å². The number of fused-ring (bicyclic) bond motifs is 2. The molecule has 0 amide bonds. The van der Waals surface area contributed by atoms with E-state index in [1.807, 2.05) is 6.07 Å². The third-order valence-corrected chi connectivity index (χ3v) is 5.67. The number of aromatic nitrogens is 3. The summed E-state index contributed by atoms with van der Waals surface area (Å²) in [5.41, 5.74) is -3.05.